The number of piperidine rings is 1. The summed E-state index contributed by atoms with van der Waals surface area (Å²) in [5.74, 6) is -5.62. The number of hydrogen-bond donors (Lipinski definition) is 2. The lowest BCUT2D eigenvalue weighted by Gasteiger charge is -2.27. The van der Waals surface area contributed by atoms with Crippen molar-refractivity contribution in [2.24, 2.45) is 0 Å². The summed E-state index contributed by atoms with van der Waals surface area (Å²) in [6, 6.07) is 31.5. The zero-order valence-corrected chi connectivity index (χ0v) is 52.4. The molecule has 30 heteroatoms. The van der Waals surface area contributed by atoms with E-state index in [0.29, 0.717) is 62.7 Å². The lowest BCUT2D eigenvalue weighted by atomic mass is 10.1. The number of carboxylic acids is 1. The van der Waals surface area contributed by atoms with Crippen LogP contribution in [0.25, 0.3) is 55.3 Å². The summed E-state index contributed by atoms with van der Waals surface area (Å²) in [6.45, 7) is 1.85. The fraction of sp³-hybridized carbons (Fsp3) is 0.174. The standard InChI is InChI=1S/C19H20FN3O2.C14H11FN2O3.C12H9FN2O4.C11H7FN2O.C7H7O2.C6H3F2NO2/c20-14-6-7-15-17(13-14)23(19(25)16-5-4-11-22(15)16)12-8-18(24)21-9-2-1-3-10-21;15-9-3-4-10-12(8-9)17(7-5-13(18)19)14(20)11-2-1-6-16(10)11;1-19-12(16)10-3-2-6-14(10)9-5-4-8(13)7-11(9)15(17)18;12-7-3-4-9-8(6-7)13-11(15)10-2-1-5-14(9)10;1-9-7(8)6-4-2-3-5-6;7-4-1-2-5(8)6(3-4)9(10)11/h4-7,11,13H,1-3,8-10,12H2;1-4,6,8H,5,7H2,(H,18,19);2-7H,1H3;1-6H,(H,13,15);2,4H,5H2,1H3;1-3H/q;;;;+1;. The molecule has 0 unspecified atom stereocenters. The summed E-state index contributed by atoms with van der Waals surface area (Å²) in [5, 5.41) is 29.7. The average Bonchev–Trinajstić information content (AvgIpc) is 1.75. The van der Waals surface area contributed by atoms with E-state index in [1.165, 1.54) is 82.6 Å². The van der Waals surface area contributed by atoms with E-state index < -0.39 is 62.2 Å². The van der Waals surface area contributed by atoms with Gasteiger partial charge in [-0.1, -0.05) is 0 Å². The molecule has 12 aromatic rings. The van der Waals surface area contributed by atoms with Gasteiger partial charge in [-0.15, -0.1) is 0 Å². The van der Waals surface area contributed by atoms with Crippen LogP contribution >= 0.6 is 0 Å². The van der Waals surface area contributed by atoms with Gasteiger partial charge in [-0.2, -0.15) is 4.39 Å². The van der Waals surface area contributed by atoms with Crippen molar-refractivity contribution < 1.29 is 69.9 Å². The molecule has 7 aromatic heterocycles. The number of nitro groups is 2. The van der Waals surface area contributed by atoms with Crippen molar-refractivity contribution in [3.63, 3.8) is 0 Å². The Labute approximate surface area is 554 Å². The molecule has 24 nitrogen and oxygen atoms in total. The van der Waals surface area contributed by atoms with Crippen molar-refractivity contribution in [3.8, 4) is 5.69 Å². The molecule has 8 heterocycles. The van der Waals surface area contributed by atoms with Crippen LogP contribution in [0.15, 0.2) is 196 Å². The van der Waals surface area contributed by atoms with E-state index in [-0.39, 0.29) is 71.7 Å². The Kier molecular flexibility index (Phi) is 22.6. The van der Waals surface area contributed by atoms with Crippen LogP contribution in [0, 0.1) is 61.2 Å². The lowest BCUT2D eigenvalue weighted by Crippen LogP contribution is -2.36. The summed E-state index contributed by atoms with van der Waals surface area (Å²) in [6.07, 6.45) is 17.0. The van der Waals surface area contributed by atoms with E-state index in [4.69, 9.17) is 5.11 Å². The number of rotatable bonds is 11. The first-order chi connectivity index (χ1) is 47.5. The molecule has 1 amide bonds. The van der Waals surface area contributed by atoms with Gasteiger partial charge >= 0.3 is 23.6 Å². The highest BCUT2D eigenvalue weighted by Crippen LogP contribution is 2.27. The van der Waals surface area contributed by atoms with E-state index in [9.17, 15) is 80.1 Å². The van der Waals surface area contributed by atoms with E-state index >= 15 is 0 Å². The Bertz CT molecular complexity index is 5330. The molecule has 0 radical (unpaired) electrons. The normalized spacial score (nSPS) is 12.2. The molecule has 5 aromatic carbocycles. The number of amides is 1. The van der Waals surface area contributed by atoms with Crippen molar-refractivity contribution in [2.45, 2.75) is 51.6 Å². The van der Waals surface area contributed by atoms with Crippen LogP contribution in [-0.4, -0.2) is 103 Å². The molecule has 1 saturated heterocycles. The number of nitro benzene ring substituents is 2. The van der Waals surface area contributed by atoms with Crippen LogP contribution in [0.2, 0.25) is 0 Å². The summed E-state index contributed by atoms with van der Waals surface area (Å²) in [4.78, 5) is 106. The maximum Gasteiger partial charge on any atom is 0.357 e. The second kappa shape index (κ2) is 31.7. The highest BCUT2D eigenvalue weighted by molar-refractivity contribution is 5.90. The fourth-order valence-corrected chi connectivity index (χ4v) is 10.8. The quantitative estimate of drug-likeness (QED) is 0.0400. The number of allylic oxidation sites excluding steroid dienone is 3. The first-order valence-electron chi connectivity index (χ1n) is 30.0. The summed E-state index contributed by atoms with van der Waals surface area (Å²) >= 11 is 0. The van der Waals surface area contributed by atoms with Gasteiger partial charge in [0.25, 0.3) is 22.4 Å². The maximum atomic E-state index is 13.8. The number of nitrogens with one attached hydrogen (secondary N) is 1. The molecule has 1 aliphatic heterocycles. The lowest BCUT2D eigenvalue weighted by molar-refractivity contribution is -0.387. The van der Waals surface area contributed by atoms with Crippen LogP contribution in [0.4, 0.5) is 37.7 Å². The van der Waals surface area contributed by atoms with Gasteiger partial charge in [0.05, 0.1) is 87.9 Å². The van der Waals surface area contributed by atoms with Crippen molar-refractivity contribution >= 4 is 84.8 Å². The topological polar surface area (TPSA) is 292 Å². The Balaban J connectivity index is 0.000000143. The first kappa shape index (κ1) is 70.6. The molecule has 2 aliphatic rings. The smallest absolute Gasteiger partial charge is 0.357 e. The summed E-state index contributed by atoms with van der Waals surface area (Å²) in [7, 11) is 2.58. The zero-order chi connectivity index (χ0) is 71.2. The monoisotopic (exact) mass is 1360 g/mol. The number of likely N-dealkylation sites (tertiary alicyclic amines) is 1. The van der Waals surface area contributed by atoms with Crippen LogP contribution in [0.1, 0.15) is 49.0 Å². The van der Waals surface area contributed by atoms with Crippen molar-refractivity contribution in [2.75, 3.05) is 27.3 Å². The van der Waals surface area contributed by atoms with Gasteiger partial charge < -0.3 is 51.4 Å². The number of aryl methyl sites for hydroxylation is 2. The number of nitrogens with zero attached hydrogens (tertiary/aromatic N) is 9. The SMILES string of the molecule is COC(=O)C1=CC=[C+]C1.COC(=O)c1cccn1-c1ccc(F)cc1[N+](=O)[O-].O=C(CCn1c(=O)c2cccn2c2ccc(F)cc21)N1CCCCC1.O=C(O)CCn1c(=O)c2cccn2c2ccc(F)cc21.O=[N+]([O-])c1cc(F)ccc1F.O=c1[nH]c2cc(F)ccc2n2cccc12. The third kappa shape index (κ3) is 16.5. The Hall–Kier alpha value is -12.7. The van der Waals surface area contributed by atoms with Crippen LogP contribution in [0.3, 0.4) is 0 Å². The number of carbonyl (C=O) groups is 4. The number of carboxylic acid groups (broad SMARTS) is 1. The number of aromatic nitrogens is 7. The molecule has 0 saturated carbocycles. The molecule has 0 spiro atoms. The number of H-pyrrole nitrogens is 1. The van der Waals surface area contributed by atoms with Gasteiger partial charge in [0.2, 0.25) is 11.7 Å². The highest BCUT2D eigenvalue weighted by Gasteiger charge is 2.23. The predicted octanol–water partition coefficient (Wildman–Crippen LogP) is 11.6. The molecular weight excluding hydrogens is 1310 g/mol. The van der Waals surface area contributed by atoms with E-state index in [1.807, 2.05) is 4.90 Å². The van der Waals surface area contributed by atoms with Gasteiger partial charge in [0.1, 0.15) is 63.4 Å². The number of benzene rings is 5. The molecular formula is C69H57F6N10O14+. The number of methoxy groups -OCH3 is 2. The molecule has 0 atom stereocenters. The zero-order valence-electron chi connectivity index (χ0n) is 52.4. The predicted molar refractivity (Wildman–Crippen MR) is 350 cm³/mol. The van der Waals surface area contributed by atoms with E-state index in [2.05, 4.69) is 20.5 Å². The maximum absolute atomic E-state index is 13.8. The van der Waals surface area contributed by atoms with Crippen molar-refractivity contribution in [1.82, 2.24) is 36.8 Å². The average molecular weight is 1360 g/mol. The van der Waals surface area contributed by atoms with Gasteiger partial charge in [-0.05, 0) is 147 Å². The van der Waals surface area contributed by atoms with Gasteiger partial charge in [0.15, 0.2) is 11.6 Å². The summed E-state index contributed by atoms with van der Waals surface area (Å²) < 4.78 is 96.2. The van der Waals surface area contributed by atoms with Crippen molar-refractivity contribution in [1.29, 1.82) is 0 Å². The van der Waals surface area contributed by atoms with Gasteiger partial charge in [-0.25, -0.2) is 31.5 Å². The van der Waals surface area contributed by atoms with Gasteiger partial charge in [-0.3, -0.25) is 44.2 Å². The minimum absolute atomic E-state index is 0.00972. The fourth-order valence-electron chi connectivity index (χ4n) is 10.8. The number of halogens is 6. The third-order valence-corrected chi connectivity index (χ3v) is 15.4. The largest absolute Gasteiger partial charge is 0.481 e. The third-order valence-electron chi connectivity index (χ3n) is 15.4. The number of fused-ring (bicyclic) bond motifs is 9. The van der Waals surface area contributed by atoms with Crippen LogP contribution in [-0.2, 0) is 36.9 Å². The summed E-state index contributed by atoms with van der Waals surface area (Å²) in [5.41, 5.74) is 4.04. The Morgan fingerprint density at radius 3 is 1.56 bits per heavy atom. The Morgan fingerprint density at radius 2 is 1.03 bits per heavy atom. The molecule has 99 heavy (non-hydrogen) atoms. The highest BCUT2D eigenvalue weighted by atomic mass is 19.1. The van der Waals surface area contributed by atoms with E-state index in [0.717, 1.165) is 61.6 Å². The van der Waals surface area contributed by atoms with E-state index in [1.54, 1.807) is 105 Å². The number of carbonyl (C=O) groups excluding carboxylic acids is 3. The number of ether oxygens (including phenoxy) is 2. The number of aromatic amines is 1. The number of aliphatic carboxylic acids is 1. The second-order valence-electron chi connectivity index (χ2n) is 21.6. The molecule has 2 N–H and O–H groups in total. The van der Waals surface area contributed by atoms with Crippen molar-refractivity contribution in [3.05, 3.63) is 280 Å². The first-order valence-corrected chi connectivity index (χ1v) is 30.0. The minimum atomic E-state index is -1.03. The molecule has 1 fully saturated rings. The molecule has 1 aliphatic carbocycles. The van der Waals surface area contributed by atoms with Crippen LogP contribution in [0.5, 0.6) is 0 Å². The Morgan fingerprint density at radius 1 is 0.545 bits per heavy atom. The van der Waals surface area contributed by atoms with Crippen LogP contribution < -0.4 is 16.7 Å². The second-order valence-corrected chi connectivity index (χ2v) is 21.6. The minimum Gasteiger partial charge on any atom is -0.481 e. The molecule has 508 valence electrons. The molecule has 14 rings (SSSR count). The number of hydrogen-bond acceptors (Lipinski definition) is 13. The number of esters is 2. The van der Waals surface area contributed by atoms with Gasteiger partial charge in [0, 0.05) is 57.4 Å². The molecule has 0 bridgehead atoms.